The maximum Gasteiger partial charge on any atom is 0.255 e. The number of aromatic amines is 1. The predicted molar refractivity (Wildman–Crippen MR) is 120 cm³/mol. The van der Waals surface area contributed by atoms with Crippen LogP contribution in [0.5, 0.6) is 0 Å². The van der Waals surface area contributed by atoms with Crippen LogP contribution in [-0.4, -0.2) is 49.1 Å². The number of carbonyl (C=O) groups is 1. The van der Waals surface area contributed by atoms with Gasteiger partial charge in [0.2, 0.25) is 0 Å². The van der Waals surface area contributed by atoms with Gasteiger partial charge < -0.3 is 15.6 Å². The largest absolute Gasteiger partial charge is 0.380 e. The fourth-order valence-electron chi connectivity index (χ4n) is 3.90. The third kappa shape index (κ3) is 3.94. The zero-order valence-electron chi connectivity index (χ0n) is 16.9. The molecule has 1 atom stereocenters. The molecule has 0 radical (unpaired) electrons. The number of carbonyl (C=O) groups excluding carboxylic acids is 1. The van der Waals surface area contributed by atoms with E-state index in [4.69, 9.17) is 5.26 Å². The average Bonchev–Trinajstić information content (AvgIpc) is 3.25. The number of aromatic nitrogens is 2. The molecule has 1 fully saturated rings. The van der Waals surface area contributed by atoms with Crippen LogP contribution in [0.1, 0.15) is 36.2 Å². The van der Waals surface area contributed by atoms with Gasteiger partial charge in [-0.1, -0.05) is 0 Å². The summed E-state index contributed by atoms with van der Waals surface area (Å²) in [5.41, 5.74) is 3.88. The van der Waals surface area contributed by atoms with Crippen molar-refractivity contribution in [2.75, 3.05) is 23.4 Å². The molecule has 2 aromatic heterocycles. The molecule has 9 heteroatoms. The molecule has 1 saturated heterocycles. The Bertz CT molecular complexity index is 1160. The zero-order valence-corrected chi connectivity index (χ0v) is 17.7. The van der Waals surface area contributed by atoms with Gasteiger partial charge in [0.05, 0.1) is 33.9 Å². The van der Waals surface area contributed by atoms with Gasteiger partial charge in [0.15, 0.2) is 0 Å². The van der Waals surface area contributed by atoms with Gasteiger partial charge in [0.25, 0.3) is 5.91 Å². The topological polar surface area (TPSA) is 134 Å². The standard InChI is InChI=1S/C21H25N5O3S/c1-12(2)25-19-16(21(27)24-9-14-5-6-30(28,29)11-14)10-23-18-15-4-3-13(8-22)7-17(15)26-20(18)19/h3-4,7,10,12,14,26,28-29H,5-6,9,11H2,1-2H3,(H,23,25)(H,24,27). The van der Waals surface area contributed by atoms with Crippen molar-refractivity contribution in [1.82, 2.24) is 15.3 Å². The number of rotatable bonds is 5. The zero-order chi connectivity index (χ0) is 21.5. The predicted octanol–water partition coefficient (Wildman–Crippen LogP) is 3.91. The summed E-state index contributed by atoms with van der Waals surface area (Å²) in [6.45, 7) is 4.38. The van der Waals surface area contributed by atoms with Crippen molar-refractivity contribution in [1.29, 1.82) is 5.26 Å². The van der Waals surface area contributed by atoms with Crippen molar-refractivity contribution in [2.45, 2.75) is 26.3 Å². The third-order valence-electron chi connectivity index (χ3n) is 5.33. The van der Waals surface area contributed by atoms with Crippen LogP contribution >= 0.6 is 10.6 Å². The number of anilines is 1. The molecule has 1 aromatic carbocycles. The Balaban J connectivity index is 1.69. The second-order valence-corrected chi connectivity index (χ2v) is 10.5. The molecule has 3 aromatic rings. The van der Waals surface area contributed by atoms with Gasteiger partial charge in [-0.3, -0.25) is 18.9 Å². The lowest BCUT2D eigenvalue weighted by Crippen LogP contribution is -2.30. The maximum atomic E-state index is 13.0. The van der Waals surface area contributed by atoms with E-state index < -0.39 is 10.6 Å². The third-order valence-corrected chi connectivity index (χ3v) is 7.22. The molecule has 1 unspecified atom stereocenters. The summed E-state index contributed by atoms with van der Waals surface area (Å²) >= 11 is 0. The first-order valence-corrected chi connectivity index (χ1v) is 11.8. The highest BCUT2D eigenvalue weighted by molar-refractivity contribution is 8.24. The van der Waals surface area contributed by atoms with Crippen LogP contribution in [0.2, 0.25) is 0 Å². The Kier molecular flexibility index (Phi) is 5.32. The van der Waals surface area contributed by atoms with Crippen LogP contribution in [0.15, 0.2) is 24.4 Å². The summed E-state index contributed by atoms with van der Waals surface area (Å²) in [5, 5.41) is 16.3. The number of fused-ring (bicyclic) bond motifs is 3. The van der Waals surface area contributed by atoms with E-state index in [2.05, 4.69) is 26.7 Å². The van der Waals surface area contributed by atoms with E-state index in [0.29, 0.717) is 41.3 Å². The first kappa shape index (κ1) is 20.5. The molecule has 1 aliphatic rings. The molecule has 8 nitrogen and oxygen atoms in total. The second-order valence-electron chi connectivity index (χ2n) is 8.10. The fourth-order valence-corrected chi connectivity index (χ4v) is 5.82. The molecule has 5 N–H and O–H groups in total. The Morgan fingerprint density at radius 1 is 1.43 bits per heavy atom. The molecule has 0 saturated carbocycles. The van der Waals surface area contributed by atoms with E-state index >= 15 is 0 Å². The Morgan fingerprint density at radius 3 is 2.90 bits per heavy atom. The lowest BCUT2D eigenvalue weighted by molar-refractivity contribution is 0.0949. The average molecular weight is 428 g/mol. The first-order valence-electron chi connectivity index (χ1n) is 9.90. The fraction of sp³-hybridized carbons (Fsp3) is 0.381. The highest BCUT2D eigenvalue weighted by Gasteiger charge is 2.29. The summed E-state index contributed by atoms with van der Waals surface area (Å²) in [5.74, 6) is 0.549. The highest BCUT2D eigenvalue weighted by Crippen LogP contribution is 2.48. The van der Waals surface area contributed by atoms with Gasteiger partial charge in [-0.05, 0) is 44.4 Å². The number of benzene rings is 1. The van der Waals surface area contributed by atoms with Crippen LogP contribution in [-0.2, 0) is 0 Å². The lowest BCUT2D eigenvalue weighted by atomic mass is 10.1. The molecule has 158 valence electrons. The summed E-state index contributed by atoms with van der Waals surface area (Å²) in [4.78, 5) is 20.8. The monoisotopic (exact) mass is 427 g/mol. The molecule has 1 amide bonds. The first-order chi connectivity index (χ1) is 14.3. The van der Waals surface area contributed by atoms with Crippen molar-refractivity contribution in [3.63, 3.8) is 0 Å². The van der Waals surface area contributed by atoms with Crippen LogP contribution in [0.3, 0.4) is 0 Å². The normalized spacial score (nSPS) is 19.1. The summed E-state index contributed by atoms with van der Waals surface area (Å²) in [6.07, 6.45) is 2.26. The van der Waals surface area contributed by atoms with Crippen molar-refractivity contribution in [2.24, 2.45) is 5.92 Å². The number of pyridine rings is 1. The minimum Gasteiger partial charge on any atom is -0.380 e. The SMILES string of the molecule is CC(C)Nc1c(C(=O)NCC2CCS(O)(O)C2)cnc2c1[nH]c1cc(C#N)ccc12. The van der Waals surface area contributed by atoms with Crippen molar-refractivity contribution in [3.05, 3.63) is 35.5 Å². The van der Waals surface area contributed by atoms with E-state index in [1.807, 2.05) is 19.9 Å². The van der Waals surface area contributed by atoms with E-state index in [1.165, 1.54) is 0 Å². The molecule has 3 heterocycles. The number of nitrogens with one attached hydrogen (secondary N) is 3. The van der Waals surface area contributed by atoms with Crippen LogP contribution in [0, 0.1) is 17.2 Å². The smallest absolute Gasteiger partial charge is 0.255 e. The molecule has 0 spiro atoms. The number of hydrogen-bond acceptors (Lipinski definition) is 6. The van der Waals surface area contributed by atoms with Gasteiger partial charge in [-0.2, -0.15) is 15.9 Å². The van der Waals surface area contributed by atoms with Crippen molar-refractivity contribution in [3.8, 4) is 6.07 Å². The van der Waals surface area contributed by atoms with Crippen molar-refractivity contribution >= 4 is 44.1 Å². The number of nitrogens with zero attached hydrogens (tertiary/aromatic N) is 2. The Morgan fingerprint density at radius 2 is 2.23 bits per heavy atom. The number of H-pyrrole nitrogens is 1. The molecule has 0 bridgehead atoms. The van der Waals surface area contributed by atoms with E-state index in [-0.39, 0.29) is 17.9 Å². The van der Waals surface area contributed by atoms with Gasteiger partial charge in [-0.15, -0.1) is 0 Å². The number of amides is 1. The van der Waals surface area contributed by atoms with E-state index in [0.717, 1.165) is 21.9 Å². The minimum atomic E-state index is -2.49. The number of hydrogen-bond donors (Lipinski definition) is 5. The molecule has 0 aliphatic carbocycles. The molecule has 30 heavy (non-hydrogen) atoms. The minimum absolute atomic E-state index is 0.0645. The van der Waals surface area contributed by atoms with Crippen LogP contribution in [0.4, 0.5) is 5.69 Å². The van der Waals surface area contributed by atoms with E-state index in [9.17, 15) is 13.9 Å². The summed E-state index contributed by atoms with van der Waals surface area (Å²) in [7, 11) is -2.49. The summed E-state index contributed by atoms with van der Waals surface area (Å²) in [6, 6.07) is 7.60. The second kappa shape index (κ2) is 7.80. The molecule has 4 rings (SSSR count). The maximum absolute atomic E-state index is 13.0. The molecular weight excluding hydrogens is 402 g/mol. The number of nitriles is 1. The summed E-state index contributed by atoms with van der Waals surface area (Å²) < 4.78 is 19.6. The van der Waals surface area contributed by atoms with Gasteiger partial charge in [-0.25, -0.2) is 0 Å². The van der Waals surface area contributed by atoms with Gasteiger partial charge in [0.1, 0.15) is 0 Å². The molecular formula is C21H25N5O3S. The van der Waals surface area contributed by atoms with E-state index in [1.54, 1.807) is 18.3 Å². The van der Waals surface area contributed by atoms with Gasteiger partial charge >= 0.3 is 0 Å². The molecule has 1 aliphatic heterocycles. The lowest BCUT2D eigenvalue weighted by Gasteiger charge is -2.26. The Labute approximate surface area is 176 Å². The van der Waals surface area contributed by atoms with Crippen LogP contribution < -0.4 is 10.6 Å². The Hall–Kier alpha value is -2.80. The van der Waals surface area contributed by atoms with Crippen LogP contribution in [0.25, 0.3) is 21.9 Å². The van der Waals surface area contributed by atoms with Crippen molar-refractivity contribution < 1.29 is 13.9 Å². The van der Waals surface area contributed by atoms with Gasteiger partial charge in [0, 0.05) is 41.2 Å². The quantitative estimate of drug-likeness (QED) is 0.419. The highest BCUT2D eigenvalue weighted by atomic mass is 32.3.